The van der Waals surface area contributed by atoms with Crippen molar-refractivity contribution < 1.29 is 9.18 Å². The molecule has 2 aliphatic rings. The van der Waals surface area contributed by atoms with Gasteiger partial charge in [-0.05, 0) is 30.2 Å². The maximum atomic E-state index is 13.3. The minimum absolute atomic E-state index is 0.0440. The molecule has 1 N–H and O–H groups in total. The lowest BCUT2D eigenvalue weighted by Crippen LogP contribution is -2.52. The van der Waals surface area contributed by atoms with Crippen LogP contribution in [0.5, 0.6) is 0 Å². The summed E-state index contributed by atoms with van der Waals surface area (Å²) in [6, 6.07) is 8.47. The third-order valence-electron chi connectivity index (χ3n) is 4.78. The molecule has 4 rings (SSSR count). The average Bonchev–Trinajstić information content (AvgIpc) is 3.42. The first kappa shape index (κ1) is 15.8. The summed E-state index contributed by atoms with van der Waals surface area (Å²) in [4.78, 5) is 24.8. The van der Waals surface area contributed by atoms with Gasteiger partial charge in [0.1, 0.15) is 5.82 Å². The molecule has 1 saturated carbocycles. The van der Waals surface area contributed by atoms with E-state index in [9.17, 15) is 9.18 Å². The second-order valence-electron chi connectivity index (χ2n) is 6.48. The molecule has 2 atom stereocenters. The zero-order valence-corrected chi connectivity index (χ0v) is 13.8. The standard InChI is InChI=1S/C18H20FN5O/c19-14-4-1-3-13(11-14)15-12-16(15)22-18(25)24-9-7-23(8-10-24)17-20-5-2-6-21-17/h1-6,11,15-16H,7-10,12H2,(H,22,25). The third-order valence-corrected chi connectivity index (χ3v) is 4.78. The van der Waals surface area contributed by atoms with E-state index in [2.05, 4.69) is 20.2 Å². The van der Waals surface area contributed by atoms with Crippen molar-refractivity contribution in [1.29, 1.82) is 0 Å². The summed E-state index contributed by atoms with van der Waals surface area (Å²) in [5, 5.41) is 3.06. The Hall–Kier alpha value is -2.70. The van der Waals surface area contributed by atoms with E-state index in [1.807, 2.05) is 11.0 Å². The molecule has 1 aromatic heterocycles. The molecule has 2 amide bonds. The van der Waals surface area contributed by atoms with Gasteiger partial charge in [-0.2, -0.15) is 0 Å². The maximum Gasteiger partial charge on any atom is 0.317 e. The molecule has 7 heteroatoms. The van der Waals surface area contributed by atoms with E-state index in [1.54, 1.807) is 30.6 Å². The first-order chi connectivity index (χ1) is 12.2. The number of rotatable bonds is 3. The molecule has 6 nitrogen and oxygen atoms in total. The number of benzene rings is 1. The van der Waals surface area contributed by atoms with Crippen LogP contribution in [0.25, 0.3) is 0 Å². The first-order valence-electron chi connectivity index (χ1n) is 8.53. The lowest BCUT2D eigenvalue weighted by molar-refractivity contribution is 0.193. The van der Waals surface area contributed by atoms with Gasteiger partial charge in [0, 0.05) is 50.5 Å². The van der Waals surface area contributed by atoms with Crippen LogP contribution < -0.4 is 10.2 Å². The SMILES string of the molecule is O=C(NC1CC1c1cccc(F)c1)N1CCN(c2ncccn2)CC1. The highest BCUT2D eigenvalue weighted by Gasteiger charge is 2.40. The minimum Gasteiger partial charge on any atom is -0.337 e. The number of urea groups is 1. The van der Waals surface area contributed by atoms with Crippen LogP contribution in [-0.2, 0) is 0 Å². The molecule has 25 heavy (non-hydrogen) atoms. The van der Waals surface area contributed by atoms with E-state index in [0.717, 1.165) is 25.1 Å². The van der Waals surface area contributed by atoms with E-state index < -0.39 is 0 Å². The Balaban J connectivity index is 1.28. The Morgan fingerprint density at radius 2 is 1.88 bits per heavy atom. The van der Waals surface area contributed by atoms with Crippen molar-refractivity contribution in [3.8, 4) is 0 Å². The smallest absolute Gasteiger partial charge is 0.317 e. The Labute approximate surface area is 145 Å². The number of carbonyl (C=O) groups excluding carboxylic acids is 1. The van der Waals surface area contributed by atoms with Gasteiger partial charge in [-0.3, -0.25) is 0 Å². The molecule has 1 saturated heterocycles. The number of aromatic nitrogens is 2. The summed E-state index contributed by atoms with van der Waals surface area (Å²) in [5.74, 6) is 0.698. The van der Waals surface area contributed by atoms with Crippen LogP contribution in [0.1, 0.15) is 17.9 Å². The molecule has 1 aliphatic carbocycles. The van der Waals surface area contributed by atoms with Crippen LogP contribution in [-0.4, -0.2) is 53.1 Å². The number of hydrogen-bond acceptors (Lipinski definition) is 4. The zero-order chi connectivity index (χ0) is 17.2. The van der Waals surface area contributed by atoms with Crippen molar-refractivity contribution in [2.75, 3.05) is 31.1 Å². The van der Waals surface area contributed by atoms with E-state index >= 15 is 0 Å². The van der Waals surface area contributed by atoms with Gasteiger partial charge >= 0.3 is 6.03 Å². The molecule has 2 aromatic rings. The van der Waals surface area contributed by atoms with E-state index in [4.69, 9.17) is 0 Å². The molecule has 1 aromatic carbocycles. The van der Waals surface area contributed by atoms with Crippen molar-refractivity contribution in [2.24, 2.45) is 0 Å². The van der Waals surface area contributed by atoms with Crippen LogP contribution in [0.4, 0.5) is 15.1 Å². The number of carbonyl (C=O) groups is 1. The molecule has 0 spiro atoms. The van der Waals surface area contributed by atoms with Crippen molar-refractivity contribution in [2.45, 2.75) is 18.4 Å². The predicted octanol–water partition coefficient (Wildman–Crippen LogP) is 2.00. The molecular weight excluding hydrogens is 321 g/mol. The number of hydrogen-bond donors (Lipinski definition) is 1. The summed E-state index contributed by atoms with van der Waals surface area (Å²) in [7, 11) is 0. The van der Waals surface area contributed by atoms with Crippen LogP contribution in [0, 0.1) is 5.82 Å². The first-order valence-corrected chi connectivity index (χ1v) is 8.53. The Morgan fingerprint density at radius 3 is 2.60 bits per heavy atom. The van der Waals surface area contributed by atoms with Gasteiger partial charge in [0.15, 0.2) is 0 Å². The van der Waals surface area contributed by atoms with E-state index in [0.29, 0.717) is 19.0 Å². The molecule has 130 valence electrons. The number of anilines is 1. The number of piperazine rings is 1. The highest BCUT2D eigenvalue weighted by atomic mass is 19.1. The van der Waals surface area contributed by atoms with Crippen LogP contribution >= 0.6 is 0 Å². The van der Waals surface area contributed by atoms with E-state index in [1.165, 1.54) is 6.07 Å². The fourth-order valence-corrected chi connectivity index (χ4v) is 3.27. The molecular formula is C18H20FN5O. The van der Waals surface area contributed by atoms with Crippen molar-refractivity contribution in [3.05, 3.63) is 54.1 Å². The Morgan fingerprint density at radius 1 is 1.12 bits per heavy atom. The number of halogens is 1. The van der Waals surface area contributed by atoms with Crippen LogP contribution in [0.3, 0.4) is 0 Å². The van der Waals surface area contributed by atoms with Gasteiger partial charge in [-0.15, -0.1) is 0 Å². The minimum atomic E-state index is -0.228. The van der Waals surface area contributed by atoms with Gasteiger partial charge in [-0.25, -0.2) is 19.2 Å². The second kappa shape index (κ2) is 6.66. The fourth-order valence-electron chi connectivity index (χ4n) is 3.27. The van der Waals surface area contributed by atoms with Gasteiger partial charge in [0.05, 0.1) is 0 Å². The number of amides is 2. The Kier molecular flexibility index (Phi) is 4.21. The number of nitrogens with zero attached hydrogens (tertiary/aromatic N) is 4. The third kappa shape index (κ3) is 3.55. The monoisotopic (exact) mass is 341 g/mol. The van der Waals surface area contributed by atoms with Crippen LogP contribution in [0.15, 0.2) is 42.7 Å². The van der Waals surface area contributed by atoms with Gasteiger partial charge in [0.2, 0.25) is 5.95 Å². The Bertz CT molecular complexity index is 748. The van der Waals surface area contributed by atoms with Gasteiger partial charge < -0.3 is 15.1 Å². The summed E-state index contributed by atoms with van der Waals surface area (Å²) < 4.78 is 13.3. The lowest BCUT2D eigenvalue weighted by Gasteiger charge is -2.34. The summed E-state index contributed by atoms with van der Waals surface area (Å²) in [6.07, 6.45) is 4.31. The molecule has 2 fully saturated rings. The number of nitrogens with one attached hydrogen (secondary N) is 1. The summed E-state index contributed by atoms with van der Waals surface area (Å²) >= 11 is 0. The predicted molar refractivity (Wildman–Crippen MR) is 91.9 cm³/mol. The summed E-state index contributed by atoms with van der Waals surface area (Å²) in [6.45, 7) is 2.72. The molecule has 2 unspecified atom stereocenters. The molecule has 0 bridgehead atoms. The topological polar surface area (TPSA) is 61.4 Å². The fraction of sp³-hybridized carbons (Fsp3) is 0.389. The maximum absolute atomic E-state index is 13.3. The average molecular weight is 341 g/mol. The van der Waals surface area contributed by atoms with Gasteiger partial charge in [0.25, 0.3) is 0 Å². The highest BCUT2D eigenvalue weighted by Crippen LogP contribution is 2.41. The second-order valence-corrected chi connectivity index (χ2v) is 6.48. The quantitative estimate of drug-likeness (QED) is 0.928. The molecule has 2 heterocycles. The van der Waals surface area contributed by atoms with Gasteiger partial charge in [-0.1, -0.05) is 12.1 Å². The lowest BCUT2D eigenvalue weighted by atomic mass is 10.1. The van der Waals surface area contributed by atoms with Crippen molar-refractivity contribution in [1.82, 2.24) is 20.2 Å². The van der Waals surface area contributed by atoms with Crippen LogP contribution in [0.2, 0.25) is 0 Å². The largest absolute Gasteiger partial charge is 0.337 e. The zero-order valence-electron chi connectivity index (χ0n) is 13.8. The van der Waals surface area contributed by atoms with E-state index in [-0.39, 0.29) is 23.8 Å². The molecule has 1 aliphatic heterocycles. The van der Waals surface area contributed by atoms with Crippen molar-refractivity contribution in [3.63, 3.8) is 0 Å². The molecule has 0 radical (unpaired) electrons. The normalized spacial score (nSPS) is 22.6. The van der Waals surface area contributed by atoms with Crippen molar-refractivity contribution >= 4 is 12.0 Å². The highest BCUT2D eigenvalue weighted by molar-refractivity contribution is 5.75. The summed E-state index contributed by atoms with van der Waals surface area (Å²) in [5.41, 5.74) is 0.955.